The lowest BCUT2D eigenvalue weighted by atomic mass is 9.96. The minimum atomic E-state index is -4.46. The summed E-state index contributed by atoms with van der Waals surface area (Å²) in [5.74, 6) is 0. The van der Waals surface area contributed by atoms with Crippen molar-refractivity contribution in [2.45, 2.75) is 32.1 Å². The lowest BCUT2D eigenvalue weighted by Gasteiger charge is -2.28. The van der Waals surface area contributed by atoms with Gasteiger partial charge in [0, 0.05) is 34.6 Å². The van der Waals surface area contributed by atoms with E-state index in [0.717, 1.165) is 41.0 Å². The van der Waals surface area contributed by atoms with E-state index in [2.05, 4.69) is 15.0 Å². The summed E-state index contributed by atoms with van der Waals surface area (Å²) in [6.45, 7) is 3.72. The molecule has 0 amide bonds. The smallest absolute Gasteiger partial charge is 0.351 e. The Balaban J connectivity index is 1.63. The van der Waals surface area contributed by atoms with Crippen molar-refractivity contribution in [1.29, 1.82) is 0 Å². The molecular weight excluding hydrogens is 559 g/mol. The van der Waals surface area contributed by atoms with Gasteiger partial charge in [-0.25, -0.2) is 8.42 Å². The molecule has 4 aromatic rings. The molecule has 1 fully saturated rings. The molecule has 3 heterocycles. The molecule has 2 atom stereocenters. The fourth-order valence-corrected chi connectivity index (χ4v) is 6.07. The first-order valence-electron chi connectivity index (χ1n) is 12.3. The number of nitrogens with zero attached hydrogens (tertiary/aromatic N) is 3. The standard InChI is InChI=1S/C28H26F3N5O2S2/c1-17-15-23(18(2)35(17)22-8-6-7-19(16-22)28(29,30)31)26-25(24-9-4-5-14-32-24)33-27(39)36(26)21-12-10-20(11-13-21)34-40(3,37)38/h4-16,25-26,34H,1-3H3,(H,33,39)/t25-,26+/m0/s1. The molecule has 12 heteroatoms. The lowest BCUT2D eigenvalue weighted by Crippen LogP contribution is -2.29. The van der Waals surface area contributed by atoms with Crippen LogP contribution in [0.1, 0.15) is 40.3 Å². The summed E-state index contributed by atoms with van der Waals surface area (Å²) in [5, 5.41) is 3.81. The van der Waals surface area contributed by atoms with Gasteiger partial charge in [-0.05, 0) is 92.3 Å². The summed E-state index contributed by atoms with van der Waals surface area (Å²) in [4.78, 5) is 6.48. The molecule has 5 rings (SSSR count). The monoisotopic (exact) mass is 585 g/mol. The van der Waals surface area contributed by atoms with Crippen LogP contribution in [-0.4, -0.2) is 29.3 Å². The number of alkyl halides is 3. The maximum Gasteiger partial charge on any atom is 0.416 e. The van der Waals surface area contributed by atoms with Crippen molar-refractivity contribution in [3.63, 3.8) is 0 Å². The van der Waals surface area contributed by atoms with Crippen LogP contribution >= 0.6 is 12.2 Å². The Morgan fingerprint density at radius 3 is 2.33 bits per heavy atom. The third-order valence-corrected chi connectivity index (χ3v) is 7.69. The van der Waals surface area contributed by atoms with Gasteiger partial charge in [0.2, 0.25) is 10.0 Å². The van der Waals surface area contributed by atoms with Crippen LogP contribution in [0.5, 0.6) is 0 Å². The highest BCUT2D eigenvalue weighted by atomic mass is 32.2. The predicted octanol–water partition coefficient (Wildman–Crippen LogP) is 6.06. The predicted molar refractivity (Wildman–Crippen MR) is 153 cm³/mol. The molecule has 208 valence electrons. The third-order valence-electron chi connectivity index (χ3n) is 6.77. The van der Waals surface area contributed by atoms with Gasteiger partial charge >= 0.3 is 6.18 Å². The number of pyridine rings is 1. The van der Waals surface area contributed by atoms with Gasteiger partial charge < -0.3 is 14.8 Å². The first-order valence-corrected chi connectivity index (χ1v) is 14.6. The minimum Gasteiger partial charge on any atom is -0.351 e. The molecule has 0 aliphatic carbocycles. The van der Waals surface area contributed by atoms with Crippen molar-refractivity contribution < 1.29 is 21.6 Å². The zero-order valence-electron chi connectivity index (χ0n) is 21.8. The largest absolute Gasteiger partial charge is 0.416 e. The van der Waals surface area contributed by atoms with Crippen molar-refractivity contribution in [2.24, 2.45) is 0 Å². The molecule has 2 N–H and O–H groups in total. The quantitative estimate of drug-likeness (QED) is 0.268. The number of rotatable bonds is 6. The highest BCUT2D eigenvalue weighted by Gasteiger charge is 2.42. The molecule has 1 saturated heterocycles. The van der Waals surface area contributed by atoms with Crippen LogP contribution in [0.15, 0.2) is 79.0 Å². The zero-order valence-corrected chi connectivity index (χ0v) is 23.4. The number of halogens is 3. The van der Waals surface area contributed by atoms with E-state index in [1.165, 1.54) is 6.07 Å². The van der Waals surface area contributed by atoms with Crippen LogP contribution in [0.4, 0.5) is 24.5 Å². The Morgan fingerprint density at radius 1 is 0.975 bits per heavy atom. The van der Waals surface area contributed by atoms with E-state index in [1.807, 2.05) is 43.0 Å². The maximum atomic E-state index is 13.5. The van der Waals surface area contributed by atoms with Crippen molar-refractivity contribution in [3.8, 4) is 5.69 Å². The first kappa shape index (κ1) is 27.7. The number of benzene rings is 2. The van der Waals surface area contributed by atoms with Gasteiger partial charge in [-0.15, -0.1) is 0 Å². The molecule has 40 heavy (non-hydrogen) atoms. The average Bonchev–Trinajstić information content (AvgIpc) is 3.38. The molecule has 0 saturated carbocycles. The molecule has 0 radical (unpaired) electrons. The summed E-state index contributed by atoms with van der Waals surface area (Å²) in [7, 11) is -3.45. The fourth-order valence-electron chi connectivity index (χ4n) is 5.16. The van der Waals surface area contributed by atoms with Gasteiger partial charge in [0.1, 0.15) is 0 Å². The Hall–Kier alpha value is -3.90. The number of thiocarbonyl (C=S) groups is 1. The second-order valence-electron chi connectivity index (χ2n) is 9.63. The number of sulfonamides is 1. The molecule has 2 aromatic heterocycles. The number of aromatic nitrogens is 2. The number of aryl methyl sites for hydroxylation is 1. The van der Waals surface area contributed by atoms with Gasteiger partial charge in [0.15, 0.2) is 5.11 Å². The highest BCUT2D eigenvalue weighted by molar-refractivity contribution is 7.92. The minimum absolute atomic E-state index is 0.363. The normalized spacial score (nSPS) is 17.6. The van der Waals surface area contributed by atoms with Gasteiger partial charge in [0.05, 0.1) is 29.6 Å². The van der Waals surface area contributed by atoms with Gasteiger partial charge in [-0.1, -0.05) is 12.1 Å². The van der Waals surface area contributed by atoms with E-state index in [0.29, 0.717) is 22.2 Å². The van der Waals surface area contributed by atoms with E-state index in [-0.39, 0.29) is 6.04 Å². The van der Waals surface area contributed by atoms with Crippen LogP contribution in [-0.2, 0) is 16.2 Å². The summed E-state index contributed by atoms with van der Waals surface area (Å²) < 4.78 is 68.1. The van der Waals surface area contributed by atoms with Crippen molar-refractivity contribution in [1.82, 2.24) is 14.9 Å². The molecule has 1 aliphatic heterocycles. The number of anilines is 2. The molecule has 2 aromatic carbocycles. The number of nitrogens with one attached hydrogen (secondary N) is 2. The molecular formula is C28H26F3N5O2S2. The van der Waals surface area contributed by atoms with Crippen LogP contribution in [0.25, 0.3) is 5.69 Å². The van der Waals surface area contributed by atoms with Crippen molar-refractivity contribution in [3.05, 3.63) is 107 Å². The fraction of sp³-hybridized carbons (Fsp3) is 0.214. The van der Waals surface area contributed by atoms with E-state index < -0.39 is 27.8 Å². The van der Waals surface area contributed by atoms with Crippen LogP contribution in [0.2, 0.25) is 0 Å². The molecule has 1 aliphatic rings. The van der Waals surface area contributed by atoms with E-state index >= 15 is 0 Å². The second kappa shape index (κ2) is 10.3. The van der Waals surface area contributed by atoms with Crippen LogP contribution in [0, 0.1) is 13.8 Å². The van der Waals surface area contributed by atoms with Crippen LogP contribution < -0.4 is 14.9 Å². The Bertz CT molecular complexity index is 1670. The van der Waals surface area contributed by atoms with E-state index in [1.54, 1.807) is 41.1 Å². The average molecular weight is 586 g/mol. The van der Waals surface area contributed by atoms with Crippen LogP contribution in [0.3, 0.4) is 0 Å². The third kappa shape index (κ3) is 5.41. The molecule has 0 bridgehead atoms. The maximum absolute atomic E-state index is 13.5. The van der Waals surface area contributed by atoms with E-state index in [9.17, 15) is 21.6 Å². The molecule has 0 unspecified atom stereocenters. The lowest BCUT2D eigenvalue weighted by molar-refractivity contribution is -0.137. The summed E-state index contributed by atoms with van der Waals surface area (Å²) in [6, 6.07) is 18.9. The first-order chi connectivity index (χ1) is 18.8. The van der Waals surface area contributed by atoms with Gasteiger partial charge in [0.25, 0.3) is 0 Å². The SMILES string of the molecule is Cc1cc([C@@H]2[C@H](c3ccccn3)NC(=S)N2c2ccc(NS(C)(=O)=O)cc2)c(C)n1-c1cccc(C(F)(F)F)c1. The zero-order chi connectivity index (χ0) is 28.8. The van der Waals surface area contributed by atoms with Crippen molar-refractivity contribution in [2.75, 3.05) is 15.9 Å². The summed E-state index contributed by atoms with van der Waals surface area (Å²) >= 11 is 5.78. The van der Waals surface area contributed by atoms with E-state index in [4.69, 9.17) is 12.2 Å². The Morgan fingerprint density at radius 2 is 1.70 bits per heavy atom. The van der Waals surface area contributed by atoms with Crippen molar-refractivity contribution >= 4 is 38.7 Å². The molecule has 7 nitrogen and oxygen atoms in total. The summed E-state index contributed by atoms with van der Waals surface area (Å²) in [6.07, 6.45) is -1.69. The highest BCUT2D eigenvalue weighted by Crippen LogP contribution is 2.44. The van der Waals surface area contributed by atoms with Gasteiger partial charge in [-0.3, -0.25) is 9.71 Å². The Labute approximate surface area is 235 Å². The second-order valence-corrected chi connectivity index (χ2v) is 11.8. The Kier molecular flexibility index (Phi) is 7.09. The topological polar surface area (TPSA) is 79.3 Å². The number of hydrogen-bond acceptors (Lipinski definition) is 4. The van der Waals surface area contributed by atoms with Gasteiger partial charge in [-0.2, -0.15) is 13.2 Å². The molecule has 0 spiro atoms. The summed E-state index contributed by atoms with van der Waals surface area (Å²) in [5.41, 5.74) is 3.92. The number of hydrogen-bond donors (Lipinski definition) is 2.